The number of hydrogen-bond acceptors (Lipinski definition) is 8. The molecule has 38 heavy (non-hydrogen) atoms. The molecule has 0 fully saturated rings. The van der Waals surface area contributed by atoms with Crippen LogP contribution in [0.5, 0.6) is 5.75 Å². The minimum Gasteiger partial charge on any atom is -0.496 e. The Hall–Kier alpha value is -4.56. The maximum atomic E-state index is 12.6. The lowest BCUT2D eigenvalue weighted by molar-refractivity contribution is 0.0211. The number of benzene rings is 2. The Morgan fingerprint density at radius 2 is 1.97 bits per heavy atom. The summed E-state index contributed by atoms with van der Waals surface area (Å²) in [7, 11) is 1.53. The smallest absolute Gasteiger partial charge is 0.407 e. The first kappa shape index (κ1) is 28.0. The second-order valence-electron chi connectivity index (χ2n) is 8.23. The van der Waals surface area contributed by atoms with E-state index in [1.54, 1.807) is 48.7 Å². The van der Waals surface area contributed by atoms with Gasteiger partial charge in [-0.1, -0.05) is 25.5 Å². The number of nitriles is 1. The molecule has 0 aliphatic carbocycles. The molecule has 11 nitrogen and oxygen atoms in total. The Morgan fingerprint density at radius 3 is 2.68 bits per heavy atom. The van der Waals surface area contributed by atoms with Gasteiger partial charge >= 0.3 is 12.1 Å². The van der Waals surface area contributed by atoms with Crippen molar-refractivity contribution in [1.82, 2.24) is 10.3 Å². The molecule has 3 rings (SSSR count). The summed E-state index contributed by atoms with van der Waals surface area (Å²) in [6.45, 7) is 2.95. The number of rotatable bonds is 13. The fourth-order valence-corrected chi connectivity index (χ4v) is 3.44. The molecule has 0 saturated heterocycles. The molecule has 0 aliphatic rings. The molecule has 1 heterocycles. The van der Waals surface area contributed by atoms with Crippen LogP contribution in [-0.4, -0.2) is 43.5 Å². The molecule has 0 saturated carbocycles. The van der Waals surface area contributed by atoms with Gasteiger partial charge in [0.05, 0.1) is 38.0 Å². The Morgan fingerprint density at radius 1 is 1.16 bits per heavy atom. The van der Waals surface area contributed by atoms with Crippen LogP contribution in [0.15, 0.2) is 59.5 Å². The first-order valence-electron chi connectivity index (χ1n) is 12.1. The third-order valence-corrected chi connectivity index (χ3v) is 5.32. The zero-order valence-electron chi connectivity index (χ0n) is 21.4. The predicted octanol–water partition coefficient (Wildman–Crippen LogP) is 5.32. The van der Waals surface area contributed by atoms with Gasteiger partial charge in [0.2, 0.25) is 0 Å². The predicted molar refractivity (Wildman–Crippen MR) is 141 cm³/mol. The molecular weight excluding hydrogens is 490 g/mol. The van der Waals surface area contributed by atoms with Crippen LogP contribution in [0, 0.1) is 11.3 Å². The fourth-order valence-electron chi connectivity index (χ4n) is 3.44. The van der Waals surface area contributed by atoms with E-state index in [1.165, 1.54) is 13.5 Å². The Bertz CT molecular complexity index is 1220. The number of urea groups is 1. The standard InChI is InChI=1S/C27H31N5O6/c1-3-4-12-36-17-22(10-11-28)38-27(34)30-15-19-6-5-7-20(13-19)31-26(33)32-21-8-9-23(24(14-21)35-2)25-16-29-18-37-25/h5-9,13-14,16,18,22H,3-4,10,12,15,17H2,1-2H3,(H,30,34)(H2,31,32,33)/t22-/m1/s1. The summed E-state index contributed by atoms with van der Waals surface area (Å²) in [5, 5.41) is 17.1. The maximum absolute atomic E-state index is 12.6. The highest BCUT2D eigenvalue weighted by Crippen LogP contribution is 2.32. The largest absolute Gasteiger partial charge is 0.496 e. The van der Waals surface area contributed by atoms with Gasteiger partial charge in [0, 0.05) is 30.6 Å². The zero-order chi connectivity index (χ0) is 27.2. The molecule has 2 aromatic carbocycles. The van der Waals surface area contributed by atoms with Crippen molar-refractivity contribution in [3.05, 3.63) is 60.6 Å². The van der Waals surface area contributed by atoms with Crippen molar-refractivity contribution in [2.75, 3.05) is 31.0 Å². The van der Waals surface area contributed by atoms with Gasteiger partial charge < -0.3 is 34.6 Å². The quantitative estimate of drug-likeness (QED) is 0.256. The number of alkyl carbamates (subject to hydrolysis) is 1. The van der Waals surface area contributed by atoms with Gasteiger partial charge in [-0.25, -0.2) is 14.6 Å². The second-order valence-corrected chi connectivity index (χ2v) is 8.23. The van der Waals surface area contributed by atoms with Crippen LogP contribution in [-0.2, 0) is 16.0 Å². The minimum atomic E-state index is -0.650. The number of amides is 3. The van der Waals surface area contributed by atoms with Crippen molar-refractivity contribution in [2.24, 2.45) is 0 Å². The van der Waals surface area contributed by atoms with Crippen LogP contribution in [0.2, 0.25) is 0 Å². The van der Waals surface area contributed by atoms with Crippen LogP contribution in [0.1, 0.15) is 31.7 Å². The number of unbranched alkanes of at least 4 members (excludes halogenated alkanes) is 1. The average Bonchev–Trinajstić information content (AvgIpc) is 3.45. The maximum Gasteiger partial charge on any atom is 0.407 e. The minimum absolute atomic E-state index is 0.0444. The Balaban J connectivity index is 1.50. The molecule has 0 radical (unpaired) electrons. The average molecular weight is 522 g/mol. The van der Waals surface area contributed by atoms with Crippen molar-refractivity contribution in [1.29, 1.82) is 5.26 Å². The van der Waals surface area contributed by atoms with Crippen molar-refractivity contribution in [3.63, 3.8) is 0 Å². The van der Waals surface area contributed by atoms with Crippen LogP contribution < -0.4 is 20.7 Å². The molecule has 1 aromatic heterocycles. The molecule has 0 spiro atoms. The molecule has 1 atom stereocenters. The van der Waals surface area contributed by atoms with E-state index in [0.717, 1.165) is 18.4 Å². The normalized spacial score (nSPS) is 11.2. The number of anilines is 2. The topological polar surface area (TPSA) is 148 Å². The highest BCUT2D eigenvalue weighted by molar-refractivity contribution is 6.00. The summed E-state index contributed by atoms with van der Waals surface area (Å²) in [6, 6.07) is 13.7. The van der Waals surface area contributed by atoms with Crippen LogP contribution in [0.4, 0.5) is 21.0 Å². The van der Waals surface area contributed by atoms with Crippen molar-refractivity contribution in [3.8, 4) is 23.1 Å². The summed E-state index contributed by atoms with van der Waals surface area (Å²) in [5.74, 6) is 1.07. The van der Waals surface area contributed by atoms with E-state index in [9.17, 15) is 9.59 Å². The zero-order valence-corrected chi connectivity index (χ0v) is 21.4. The fraction of sp³-hybridized carbons (Fsp3) is 0.333. The van der Waals surface area contributed by atoms with Crippen molar-refractivity contribution in [2.45, 2.75) is 38.8 Å². The van der Waals surface area contributed by atoms with Crippen molar-refractivity contribution < 1.29 is 28.2 Å². The summed E-state index contributed by atoms with van der Waals surface area (Å²) in [4.78, 5) is 28.7. The SMILES string of the molecule is CCCCOC[C@@H](CC#N)OC(=O)NCc1cccc(NC(=O)Nc2ccc(-c3cnco3)c(OC)c2)c1. The van der Waals surface area contributed by atoms with E-state index >= 15 is 0 Å². The molecule has 0 unspecified atom stereocenters. The van der Waals surface area contributed by atoms with Crippen molar-refractivity contribution >= 4 is 23.5 Å². The molecule has 3 N–H and O–H groups in total. The number of nitrogens with one attached hydrogen (secondary N) is 3. The Kier molecular flexibility index (Phi) is 11.0. The molecule has 0 aliphatic heterocycles. The first-order chi connectivity index (χ1) is 18.5. The third kappa shape index (κ3) is 8.83. The van der Waals surface area contributed by atoms with Crippen LogP contribution in [0.25, 0.3) is 11.3 Å². The van der Waals surface area contributed by atoms with E-state index < -0.39 is 18.2 Å². The summed E-state index contributed by atoms with van der Waals surface area (Å²) in [6.07, 6.45) is 3.55. The number of oxazole rings is 1. The number of nitrogens with zero attached hydrogens (tertiary/aromatic N) is 2. The Labute approximate surface area is 221 Å². The monoisotopic (exact) mass is 521 g/mol. The summed E-state index contributed by atoms with van der Waals surface area (Å²) >= 11 is 0. The molecule has 11 heteroatoms. The molecule has 0 bridgehead atoms. The van der Waals surface area contributed by atoms with Gasteiger partial charge in [-0.05, 0) is 36.2 Å². The summed E-state index contributed by atoms with van der Waals surface area (Å²) < 4.78 is 21.5. The van der Waals surface area contributed by atoms with E-state index in [2.05, 4.69) is 27.9 Å². The number of carbonyl (C=O) groups excluding carboxylic acids is 2. The third-order valence-electron chi connectivity index (χ3n) is 5.32. The van der Waals surface area contributed by atoms with Gasteiger partial charge in [-0.3, -0.25) is 0 Å². The van der Waals surface area contributed by atoms with Crippen LogP contribution >= 0.6 is 0 Å². The number of methoxy groups -OCH3 is 1. The lowest BCUT2D eigenvalue weighted by Crippen LogP contribution is -2.31. The number of carbonyl (C=O) groups is 2. The molecule has 200 valence electrons. The highest BCUT2D eigenvalue weighted by atomic mass is 16.6. The van der Waals surface area contributed by atoms with Gasteiger partial charge in [-0.15, -0.1) is 0 Å². The van der Waals surface area contributed by atoms with Crippen LogP contribution in [0.3, 0.4) is 0 Å². The highest BCUT2D eigenvalue weighted by Gasteiger charge is 2.15. The van der Waals surface area contributed by atoms with Gasteiger partial charge in [-0.2, -0.15) is 5.26 Å². The van der Waals surface area contributed by atoms with Gasteiger partial charge in [0.1, 0.15) is 11.9 Å². The van der Waals surface area contributed by atoms with E-state index in [0.29, 0.717) is 35.1 Å². The van der Waals surface area contributed by atoms with E-state index in [1.807, 2.05) is 6.07 Å². The lowest BCUT2D eigenvalue weighted by Gasteiger charge is -2.16. The lowest BCUT2D eigenvalue weighted by atomic mass is 10.1. The number of ether oxygens (including phenoxy) is 3. The second kappa shape index (κ2) is 14.9. The number of aromatic nitrogens is 1. The van der Waals surface area contributed by atoms with E-state index in [4.69, 9.17) is 23.9 Å². The molecular formula is C27H31N5O6. The van der Waals surface area contributed by atoms with Gasteiger partial charge in [0.25, 0.3) is 0 Å². The first-order valence-corrected chi connectivity index (χ1v) is 12.1. The molecule has 3 amide bonds. The molecule has 3 aromatic rings. The van der Waals surface area contributed by atoms with E-state index in [-0.39, 0.29) is 19.6 Å². The number of hydrogen-bond donors (Lipinski definition) is 3. The summed E-state index contributed by atoms with van der Waals surface area (Å²) in [5.41, 5.74) is 2.51. The van der Waals surface area contributed by atoms with Gasteiger partial charge in [0.15, 0.2) is 12.2 Å².